The molecule has 1 aliphatic rings. The standard InChI is InChI=1S/C11H19N5O/c1-3-4-9-13-10(15-14-9)11(17)12-8-5-6-16(2)7-8/h8H,3-7H2,1-2H3,(H,12,17)(H,13,14,15). The van der Waals surface area contributed by atoms with Crippen molar-refractivity contribution >= 4 is 5.91 Å². The summed E-state index contributed by atoms with van der Waals surface area (Å²) in [4.78, 5) is 18.2. The number of nitrogens with zero attached hydrogens (tertiary/aromatic N) is 3. The van der Waals surface area contributed by atoms with Gasteiger partial charge in [-0.25, -0.2) is 4.98 Å². The van der Waals surface area contributed by atoms with Crippen LogP contribution in [0.25, 0.3) is 0 Å². The monoisotopic (exact) mass is 237 g/mol. The van der Waals surface area contributed by atoms with E-state index in [1.54, 1.807) is 0 Å². The third-order valence-electron chi connectivity index (χ3n) is 2.95. The Kier molecular flexibility index (Phi) is 3.73. The van der Waals surface area contributed by atoms with Crippen molar-refractivity contribution in [2.24, 2.45) is 0 Å². The van der Waals surface area contributed by atoms with E-state index in [-0.39, 0.29) is 17.8 Å². The van der Waals surface area contributed by atoms with Crippen LogP contribution in [0.1, 0.15) is 36.2 Å². The van der Waals surface area contributed by atoms with Gasteiger partial charge < -0.3 is 10.2 Å². The minimum atomic E-state index is -0.177. The fraction of sp³-hybridized carbons (Fsp3) is 0.727. The average Bonchev–Trinajstić information content (AvgIpc) is 2.88. The van der Waals surface area contributed by atoms with Gasteiger partial charge in [0.1, 0.15) is 5.82 Å². The van der Waals surface area contributed by atoms with Crippen molar-refractivity contribution < 1.29 is 4.79 Å². The molecule has 1 atom stereocenters. The molecule has 1 fully saturated rings. The summed E-state index contributed by atoms with van der Waals surface area (Å²) in [5.74, 6) is 0.855. The van der Waals surface area contributed by atoms with Gasteiger partial charge in [-0.1, -0.05) is 6.92 Å². The first-order valence-corrected chi connectivity index (χ1v) is 6.09. The zero-order chi connectivity index (χ0) is 12.3. The number of aromatic nitrogens is 3. The van der Waals surface area contributed by atoms with E-state index in [0.717, 1.165) is 38.2 Å². The number of nitrogens with one attached hydrogen (secondary N) is 2. The number of amides is 1. The van der Waals surface area contributed by atoms with Gasteiger partial charge in [0.05, 0.1) is 0 Å². The van der Waals surface area contributed by atoms with Crippen LogP contribution in [0.4, 0.5) is 0 Å². The molecule has 1 saturated heterocycles. The Morgan fingerprint density at radius 3 is 3.12 bits per heavy atom. The van der Waals surface area contributed by atoms with Crippen molar-refractivity contribution in [2.75, 3.05) is 20.1 Å². The van der Waals surface area contributed by atoms with Crippen molar-refractivity contribution in [1.82, 2.24) is 25.4 Å². The van der Waals surface area contributed by atoms with Gasteiger partial charge in [0.25, 0.3) is 5.91 Å². The lowest BCUT2D eigenvalue weighted by Gasteiger charge is -2.10. The molecule has 94 valence electrons. The van der Waals surface area contributed by atoms with Crippen LogP contribution in [0.3, 0.4) is 0 Å². The summed E-state index contributed by atoms with van der Waals surface area (Å²) in [5, 5.41) is 9.68. The lowest BCUT2D eigenvalue weighted by atomic mass is 10.2. The molecule has 0 spiro atoms. The lowest BCUT2D eigenvalue weighted by molar-refractivity contribution is 0.0928. The van der Waals surface area contributed by atoms with Gasteiger partial charge in [0.15, 0.2) is 0 Å². The maximum absolute atomic E-state index is 11.9. The molecule has 0 saturated carbocycles. The average molecular weight is 237 g/mol. The number of carbonyl (C=O) groups excluding carboxylic acids is 1. The van der Waals surface area contributed by atoms with Crippen molar-refractivity contribution in [2.45, 2.75) is 32.2 Å². The molecule has 2 heterocycles. The van der Waals surface area contributed by atoms with Crippen LogP contribution in [-0.4, -0.2) is 52.2 Å². The molecule has 1 aromatic rings. The Morgan fingerprint density at radius 2 is 2.47 bits per heavy atom. The number of hydrogen-bond donors (Lipinski definition) is 2. The number of aromatic amines is 1. The number of hydrogen-bond acceptors (Lipinski definition) is 4. The molecule has 17 heavy (non-hydrogen) atoms. The van der Waals surface area contributed by atoms with Gasteiger partial charge in [-0.15, -0.1) is 5.10 Å². The van der Waals surface area contributed by atoms with Crippen LogP contribution < -0.4 is 5.32 Å². The van der Waals surface area contributed by atoms with Crippen molar-refractivity contribution in [1.29, 1.82) is 0 Å². The number of aryl methyl sites for hydroxylation is 1. The van der Waals surface area contributed by atoms with E-state index in [2.05, 4.69) is 39.4 Å². The topological polar surface area (TPSA) is 73.9 Å². The highest BCUT2D eigenvalue weighted by Gasteiger charge is 2.23. The normalized spacial score (nSPS) is 20.7. The first-order valence-electron chi connectivity index (χ1n) is 6.09. The zero-order valence-electron chi connectivity index (χ0n) is 10.4. The highest BCUT2D eigenvalue weighted by Crippen LogP contribution is 2.06. The smallest absolute Gasteiger partial charge is 0.291 e. The molecule has 1 aromatic heterocycles. The molecule has 2 rings (SSSR count). The Balaban J connectivity index is 1.90. The number of likely N-dealkylation sites (N-methyl/N-ethyl adjacent to an activating group) is 1. The summed E-state index contributed by atoms with van der Waals surface area (Å²) < 4.78 is 0. The number of carbonyl (C=O) groups is 1. The van der Waals surface area contributed by atoms with Crippen molar-refractivity contribution in [3.8, 4) is 0 Å². The largest absolute Gasteiger partial charge is 0.345 e. The third-order valence-corrected chi connectivity index (χ3v) is 2.95. The van der Waals surface area contributed by atoms with E-state index in [0.29, 0.717) is 0 Å². The molecule has 0 aliphatic carbocycles. The van der Waals surface area contributed by atoms with Crippen LogP contribution in [0.15, 0.2) is 0 Å². The molecule has 6 nitrogen and oxygen atoms in total. The van der Waals surface area contributed by atoms with Gasteiger partial charge in [-0.2, -0.15) is 0 Å². The molecule has 6 heteroatoms. The van der Waals surface area contributed by atoms with E-state index in [1.165, 1.54) is 0 Å². The Morgan fingerprint density at radius 1 is 1.65 bits per heavy atom. The molecule has 0 bridgehead atoms. The first-order chi connectivity index (χ1) is 8.19. The van der Waals surface area contributed by atoms with Gasteiger partial charge in [-0.3, -0.25) is 9.89 Å². The fourth-order valence-electron chi connectivity index (χ4n) is 2.05. The highest BCUT2D eigenvalue weighted by atomic mass is 16.2. The van der Waals surface area contributed by atoms with Crippen molar-refractivity contribution in [3.63, 3.8) is 0 Å². The van der Waals surface area contributed by atoms with Crippen molar-refractivity contribution in [3.05, 3.63) is 11.6 Å². The maximum Gasteiger partial charge on any atom is 0.291 e. The minimum Gasteiger partial charge on any atom is -0.345 e. The Hall–Kier alpha value is -1.43. The van der Waals surface area contributed by atoms with E-state index in [1.807, 2.05) is 0 Å². The lowest BCUT2D eigenvalue weighted by Crippen LogP contribution is -2.37. The summed E-state index contributed by atoms with van der Waals surface area (Å²) in [6.45, 7) is 3.99. The third kappa shape index (κ3) is 3.03. The number of rotatable bonds is 4. The predicted octanol–water partition coefficient (Wildman–Crippen LogP) is 0.191. The van der Waals surface area contributed by atoms with Gasteiger partial charge in [0, 0.05) is 19.0 Å². The van der Waals surface area contributed by atoms with Crippen LogP contribution in [-0.2, 0) is 6.42 Å². The minimum absolute atomic E-state index is 0.177. The second-order valence-electron chi connectivity index (χ2n) is 4.58. The maximum atomic E-state index is 11.9. The van der Waals surface area contributed by atoms with Gasteiger partial charge in [-0.05, 0) is 26.4 Å². The molecule has 0 radical (unpaired) electrons. The summed E-state index contributed by atoms with van der Waals surface area (Å²) in [5.41, 5.74) is 0. The Bertz CT molecular complexity index is 389. The van der Waals surface area contributed by atoms with Crippen LogP contribution in [0.2, 0.25) is 0 Å². The highest BCUT2D eigenvalue weighted by molar-refractivity contribution is 5.90. The summed E-state index contributed by atoms with van der Waals surface area (Å²) in [6, 6.07) is 0.223. The fourth-order valence-corrected chi connectivity index (χ4v) is 2.05. The molecule has 2 N–H and O–H groups in total. The van der Waals surface area contributed by atoms with Gasteiger partial charge in [0.2, 0.25) is 5.82 Å². The number of H-pyrrole nitrogens is 1. The second kappa shape index (κ2) is 5.27. The van der Waals surface area contributed by atoms with E-state index in [9.17, 15) is 4.79 Å². The van der Waals surface area contributed by atoms with Gasteiger partial charge >= 0.3 is 0 Å². The van der Waals surface area contributed by atoms with Crippen LogP contribution in [0.5, 0.6) is 0 Å². The zero-order valence-corrected chi connectivity index (χ0v) is 10.4. The number of likely N-dealkylation sites (tertiary alicyclic amines) is 1. The van der Waals surface area contributed by atoms with Crippen LogP contribution >= 0.6 is 0 Å². The molecular formula is C11H19N5O. The summed E-state index contributed by atoms with van der Waals surface area (Å²) in [6.07, 6.45) is 2.81. The Labute approximate surface area is 101 Å². The molecule has 1 unspecified atom stereocenters. The summed E-state index contributed by atoms with van der Waals surface area (Å²) in [7, 11) is 2.05. The molecule has 1 amide bonds. The molecule has 0 aromatic carbocycles. The predicted molar refractivity (Wildman–Crippen MR) is 63.7 cm³/mol. The second-order valence-corrected chi connectivity index (χ2v) is 4.58. The van der Waals surface area contributed by atoms with Crippen LogP contribution in [0, 0.1) is 0 Å². The van der Waals surface area contributed by atoms with E-state index in [4.69, 9.17) is 0 Å². The first kappa shape index (κ1) is 12.0. The van der Waals surface area contributed by atoms with E-state index >= 15 is 0 Å². The quantitative estimate of drug-likeness (QED) is 0.784. The summed E-state index contributed by atoms with van der Waals surface area (Å²) >= 11 is 0. The van der Waals surface area contributed by atoms with E-state index < -0.39 is 0 Å². The molecule has 1 aliphatic heterocycles. The SMILES string of the molecule is CCCc1nc(C(=O)NC2CCN(C)C2)n[nH]1. The molecular weight excluding hydrogens is 218 g/mol.